The summed E-state index contributed by atoms with van der Waals surface area (Å²) in [5, 5.41) is 0. The number of aromatic nitrogens is 4. The predicted octanol–water partition coefficient (Wildman–Crippen LogP) is 1.27. The van der Waals surface area contributed by atoms with E-state index in [4.69, 9.17) is 15.2 Å². The van der Waals surface area contributed by atoms with Crippen LogP contribution in [0.15, 0.2) is 6.33 Å². The first kappa shape index (κ1) is 12.2. The molecule has 3 rings (SSSR count). The summed E-state index contributed by atoms with van der Waals surface area (Å²) in [6, 6.07) is 0. The summed E-state index contributed by atoms with van der Waals surface area (Å²) in [4.78, 5) is 15.2. The zero-order valence-corrected chi connectivity index (χ0v) is 11.0. The standard InChI is InChI=1S/C12H17N5O2/c1-6-3-8(4-7(2)18-6)19-11-9-10(15-5-14-9)16-12(13)17-11/h5-8H,3-4H2,1-2H3,(H3,13,14,15,16,17). The molecule has 0 aliphatic carbocycles. The van der Waals surface area contributed by atoms with Crippen LogP contribution < -0.4 is 10.5 Å². The Hall–Kier alpha value is -1.89. The molecule has 0 spiro atoms. The minimum atomic E-state index is 0.0690. The van der Waals surface area contributed by atoms with Gasteiger partial charge in [-0.2, -0.15) is 9.97 Å². The van der Waals surface area contributed by atoms with Gasteiger partial charge in [0.2, 0.25) is 11.8 Å². The summed E-state index contributed by atoms with van der Waals surface area (Å²) < 4.78 is 11.7. The van der Waals surface area contributed by atoms with E-state index in [-0.39, 0.29) is 24.3 Å². The minimum absolute atomic E-state index is 0.0690. The Kier molecular flexibility index (Phi) is 2.98. The number of nitrogens with one attached hydrogen (secondary N) is 1. The second kappa shape index (κ2) is 4.65. The second-order valence-electron chi connectivity index (χ2n) is 4.96. The molecule has 7 nitrogen and oxygen atoms in total. The first-order valence-corrected chi connectivity index (χ1v) is 6.40. The van der Waals surface area contributed by atoms with Crippen LogP contribution in [0, 0.1) is 0 Å². The highest BCUT2D eigenvalue weighted by Gasteiger charge is 2.27. The van der Waals surface area contributed by atoms with Crippen molar-refractivity contribution in [3.63, 3.8) is 0 Å². The third kappa shape index (κ3) is 2.46. The highest BCUT2D eigenvalue weighted by Crippen LogP contribution is 2.26. The third-order valence-corrected chi connectivity index (χ3v) is 3.20. The van der Waals surface area contributed by atoms with E-state index in [1.54, 1.807) is 6.33 Å². The molecule has 0 saturated carbocycles. The SMILES string of the molecule is CC1CC(Oc2nc(N)nc3nc[nH]c23)CC(C)O1. The number of H-pyrrole nitrogens is 1. The quantitative estimate of drug-likeness (QED) is 0.846. The fourth-order valence-electron chi connectivity index (χ4n) is 2.51. The van der Waals surface area contributed by atoms with E-state index in [2.05, 4.69) is 19.9 Å². The maximum absolute atomic E-state index is 5.97. The topological polar surface area (TPSA) is 98.9 Å². The number of rotatable bonds is 2. The van der Waals surface area contributed by atoms with E-state index < -0.39 is 0 Å². The van der Waals surface area contributed by atoms with Crippen LogP contribution in [0.1, 0.15) is 26.7 Å². The molecule has 0 bridgehead atoms. The van der Waals surface area contributed by atoms with E-state index in [9.17, 15) is 0 Å². The van der Waals surface area contributed by atoms with Gasteiger partial charge in [-0.3, -0.25) is 0 Å². The van der Waals surface area contributed by atoms with Gasteiger partial charge in [-0.25, -0.2) is 4.98 Å². The summed E-state index contributed by atoms with van der Waals surface area (Å²) in [5.41, 5.74) is 6.87. The van der Waals surface area contributed by atoms with Crippen molar-refractivity contribution < 1.29 is 9.47 Å². The van der Waals surface area contributed by atoms with Crippen molar-refractivity contribution in [2.75, 3.05) is 5.73 Å². The van der Waals surface area contributed by atoms with Crippen LogP contribution in [0.3, 0.4) is 0 Å². The molecular weight excluding hydrogens is 246 g/mol. The van der Waals surface area contributed by atoms with Crippen LogP contribution in [-0.2, 0) is 4.74 Å². The van der Waals surface area contributed by atoms with Crippen LogP contribution >= 0.6 is 0 Å². The molecule has 2 atom stereocenters. The van der Waals surface area contributed by atoms with Gasteiger partial charge in [0.1, 0.15) is 11.6 Å². The van der Waals surface area contributed by atoms with E-state index in [1.165, 1.54) is 0 Å². The minimum Gasteiger partial charge on any atom is -0.472 e. The largest absolute Gasteiger partial charge is 0.472 e. The first-order valence-electron chi connectivity index (χ1n) is 6.40. The van der Waals surface area contributed by atoms with Gasteiger partial charge in [0.25, 0.3) is 0 Å². The summed E-state index contributed by atoms with van der Waals surface area (Å²) in [7, 11) is 0. The number of hydrogen-bond donors (Lipinski definition) is 2. The molecule has 1 aliphatic rings. The van der Waals surface area contributed by atoms with E-state index >= 15 is 0 Å². The fraction of sp³-hybridized carbons (Fsp3) is 0.583. The zero-order chi connectivity index (χ0) is 13.4. The van der Waals surface area contributed by atoms with Gasteiger partial charge in [0.15, 0.2) is 5.65 Å². The molecule has 2 unspecified atom stereocenters. The van der Waals surface area contributed by atoms with Gasteiger partial charge < -0.3 is 20.2 Å². The van der Waals surface area contributed by atoms with E-state index in [0.717, 1.165) is 12.8 Å². The van der Waals surface area contributed by atoms with Gasteiger partial charge in [-0.05, 0) is 13.8 Å². The van der Waals surface area contributed by atoms with Crippen molar-refractivity contribution in [3.8, 4) is 5.88 Å². The molecule has 0 aromatic carbocycles. The molecule has 2 aromatic heterocycles. The van der Waals surface area contributed by atoms with Crippen LogP contribution in [0.5, 0.6) is 5.88 Å². The lowest BCUT2D eigenvalue weighted by Crippen LogP contribution is -2.36. The van der Waals surface area contributed by atoms with Gasteiger partial charge in [-0.1, -0.05) is 0 Å². The van der Waals surface area contributed by atoms with Gasteiger partial charge in [-0.15, -0.1) is 0 Å². The lowest BCUT2D eigenvalue weighted by Gasteiger charge is -2.31. The Morgan fingerprint density at radius 1 is 1.32 bits per heavy atom. The molecule has 1 fully saturated rings. The predicted molar refractivity (Wildman–Crippen MR) is 69.8 cm³/mol. The summed E-state index contributed by atoms with van der Waals surface area (Å²) in [5.74, 6) is 0.633. The van der Waals surface area contributed by atoms with Crippen molar-refractivity contribution in [3.05, 3.63) is 6.33 Å². The Morgan fingerprint density at radius 2 is 2.05 bits per heavy atom. The van der Waals surface area contributed by atoms with Crippen molar-refractivity contribution in [1.29, 1.82) is 0 Å². The molecule has 1 saturated heterocycles. The number of nitrogen functional groups attached to an aromatic ring is 1. The summed E-state index contributed by atoms with van der Waals surface area (Å²) >= 11 is 0. The molecule has 3 N–H and O–H groups in total. The Morgan fingerprint density at radius 3 is 2.79 bits per heavy atom. The second-order valence-corrected chi connectivity index (χ2v) is 4.96. The molecule has 19 heavy (non-hydrogen) atoms. The number of nitrogens with zero attached hydrogens (tertiary/aromatic N) is 3. The summed E-state index contributed by atoms with van der Waals surface area (Å²) in [6.07, 6.45) is 3.67. The highest BCUT2D eigenvalue weighted by atomic mass is 16.5. The number of anilines is 1. The zero-order valence-electron chi connectivity index (χ0n) is 11.0. The molecule has 0 radical (unpaired) electrons. The van der Waals surface area contributed by atoms with Crippen molar-refractivity contribution in [2.24, 2.45) is 0 Å². The first-order chi connectivity index (χ1) is 9.11. The summed E-state index contributed by atoms with van der Waals surface area (Å²) in [6.45, 7) is 4.10. The Labute approximate surface area is 110 Å². The molecule has 1 aliphatic heterocycles. The average molecular weight is 263 g/mol. The number of fused-ring (bicyclic) bond motifs is 1. The Bertz CT molecular complexity index is 575. The van der Waals surface area contributed by atoms with Crippen LogP contribution in [0.4, 0.5) is 5.95 Å². The van der Waals surface area contributed by atoms with Gasteiger partial charge in [0.05, 0.1) is 18.5 Å². The molecule has 7 heteroatoms. The number of nitrogens with two attached hydrogens (primary N) is 1. The normalized spacial score (nSPS) is 27.6. The maximum atomic E-state index is 5.97. The lowest BCUT2D eigenvalue weighted by molar-refractivity contribution is -0.0726. The number of ether oxygens (including phenoxy) is 2. The molecule has 102 valence electrons. The molecular formula is C12H17N5O2. The molecule has 0 amide bonds. The highest BCUT2D eigenvalue weighted by molar-refractivity contribution is 5.76. The van der Waals surface area contributed by atoms with E-state index in [0.29, 0.717) is 17.0 Å². The number of imidazole rings is 1. The van der Waals surface area contributed by atoms with Crippen LogP contribution in [-0.4, -0.2) is 38.2 Å². The van der Waals surface area contributed by atoms with Gasteiger partial charge >= 0.3 is 0 Å². The van der Waals surface area contributed by atoms with E-state index in [1.807, 2.05) is 13.8 Å². The Balaban J connectivity index is 1.86. The lowest BCUT2D eigenvalue weighted by atomic mass is 10.0. The number of aromatic amines is 1. The third-order valence-electron chi connectivity index (χ3n) is 3.20. The van der Waals surface area contributed by atoms with Crippen LogP contribution in [0.25, 0.3) is 11.2 Å². The monoisotopic (exact) mass is 263 g/mol. The van der Waals surface area contributed by atoms with Crippen LogP contribution in [0.2, 0.25) is 0 Å². The van der Waals surface area contributed by atoms with Crippen molar-refractivity contribution in [2.45, 2.75) is 45.0 Å². The maximum Gasteiger partial charge on any atom is 0.245 e. The van der Waals surface area contributed by atoms with Crippen molar-refractivity contribution >= 4 is 17.1 Å². The average Bonchev–Trinajstić information content (AvgIpc) is 2.75. The fourth-order valence-corrected chi connectivity index (χ4v) is 2.51. The smallest absolute Gasteiger partial charge is 0.245 e. The molecule has 3 heterocycles. The van der Waals surface area contributed by atoms with Crippen molar-refractivity contribution in [1.82, 2.24) is 19.9 Å². The molecule has 2 aromatic rings. The number of hydrogen-bond acceptors (Lipinski definition) is 6. The van der Waals surface area contributed by atoms with Gasteiger partial charge in [0, 0.05) is 12.8 Å².